The predicted octanol–water partition coefficient (Wildman–Crippen LogP) is 3.43. The summed E-state index contributed by atoms with van der Waals surface area (Å²) in [6.45, 7) is 7.28. The van der Waals surface area contributed by atoms with Crippen LogP contribution in [0.2, 0.25) is 0 Å². The number of hydrogen-bond acceptors (Lipinski definition) is 1. The minimum absolute atomic E-state index is 0.110. The average Bonchev–Trinajstić information content (AvgIpc) is 2.66. The molecule has 5 aliphatic rings. The summed E-state index contributed by atoms with van der Waals surface area (Å²) in [5.41, 5.74) is 1.03. The molecule has 1 nitrogen and oxygen atoms in total. The van der Waals surface area contributed by atoms with Gasteiger partial charge in [0.1, 0.15) is 5.78 Å². The maximum atomic E-state index is 12.5. The molecule has 4 bridgehead atoms. The summed E-state index contributed by atoms with van der Waals surface area (Å²) in [6, 6.07) is 0. The van der Waals surface area contributed by atoms with E-state index in [0.29, 0.717) is 16.6 Å². The van der Waals surface area contributed by atoms with Crippen LogP contribution in [0.5, 0.6) is 0 Å². The highest BCUT2D eigenvalue weighted by molar-refractivity contribution is 5.88. The topological polar surface area (TPSA) is 17.1 Å². The van der Waals surface area contributed by atoms with Gasteiger partial charge in [0, 0.05) is 11.8 Å². The highest BCUT2D eigenvalue weighted by Gasteiger charge is 2.80. The van der Waals surface area contributed by atoms with Crippen LogP contribution in [0.25, 0.3) is 0 Å². The fraction of sp³-hybridized carbons (Fsp3) is 0.933. The Labute approximate surface area is 98.0 Å². The minimum Gasteiger partial charge on any atom is -0.299 e. The SMILES string of the molecule is C[C@@H]1CCC(=O)[C@]23C[C@@H]4[C@H](C[C@@]12C)[C@]4(C)C3. The zero-order chi connectivity index (χ0) is 11.3. The van der Waals surface area contributed by atoms with E-state index in [-0.39, 0.29) is 5.41 Å². The van der Waals surface area contributed by atoms with Crippen LogP contribution in [0.1, 0.15) is 52.9 Å². The molecule has 88 valence electrons. The second-order valence-electron chi connectivity index (χ2n) is 7.67. The van der Waals surface area contributed by atoms with Crippen molar-refractivity contribution < 1.29 is 4.79 Å². The summed E-state index contributed by atoms with van der Waals surface area (Å²) in [5.74, 6) is 3.26. The molecule has 0 heterocycles. The number of ketones is 1. The van der Waals surface area contributed by atoms with Crippen LogP contribution in [0.3, 0.4) is 0 Å². The Morgan fingerprint density at radius 2 is 1.88 bits per heavy atom. The predicted molar refractivity (Wildman–Crippen MR) is 62.9 cm³/mol. The smallest absolute Gasteiger partial charge is 0.139 e. The van der Waals surface area contributed by atoms with Crippen molar-refractivity contribution in [2.45, 2.75) is 52.9 Å². The molecule has 0 saturated heterocycles. The Kier molecular flexibility index (Phi) is 1.38. The van der Waals surface area contributed by atoms with Crippen LogP contribution < -0.4 is 0 Å². The van der Waals surface area contributed by atoms with Gasteiger partial charge in [-0.3, -0.25) is 4.79 Å². The van der Waals surface area contributed by atoms with E-state index in [1.54, 1.807) is 0 Å². The largest absolute Gasteiger partial charge is 0.299 e. The first-order chi connectivity index (χ1) is 7.44. The van der Waals surface area contributed by atoms with Crippen molar-refractivity contribution in [1.29, 1.82) is 0 Å². The van der Waals surface area contributed by atoms with E-state index in [1.807, 2.05) is 0 Å². The molecule has 5 fully saturated rings. The lowest BCUT2D eigenvalue weighted by molar-refractivity contribution is -0.158. The molecule has 1 spiro atoms. The van der Waals surface area contributed by atoms with Crippen LogP contribution in [0.15, 0.2) is 0 Å². The second-order valence-corrected chi connectivity index (χ2v) is 7.67. The van der Waals surface area contributed by atoms with Crippen molar-refractivity contribution in [3.8, 4) is 0 Å². The Morgan fingerprint density at radius 1 is 1.19 bits per heavy atom. The van der Waals surface area contributed by atoms with Crippen molar-refractivity contribution in [3.05, 3.63) is 0 Å². The average molecular weight is 218 g/mol. The zero-order valence-corrected chi connectivity index (χ0v) is 10.7. The normalized spacial score (nSPS) is 66.7. The molecular formula is C15H22O. The second kappa shape index (κ2) is 2.28. The maximum Gasteiger partial charge on any atom is 0.139 e. The number of carbonyl (C=O) groups excluding carboxylic acids is 1. The lowest BCUT2D eigenvalue weighted by atomic mass is 9.45. The van der Waals surface area contributed by atoms with E-state index < -0.39 is 0 Å². The monoisotopic (exact) mass is 218 g/mol. The summed E-state index contributed by atoms with van der Waals surface area (Å²) in [7, 11) is 0. The van der Waals surface area contributed by atoms with Gasteiger partial charge in [0.2, 0.25) is 0 Å². The van der Waals surface area contributed by atoms with Gasteiger partial charge >= 0.3 is 0 Å². The number of rotatable bonds is 0. The third-order valence-electron chi connectivity index (χ3n) is 7.48. The lowest BCUT2D eigenvalue weighted by Crippen LogP contribution is -2.56. The Bertz CT molecular complexity index is 400. The molecule has 5 aliphatic carbocycles. The molecule has 5 rings (SSSR count). The van der Waals surface area contributed by atoms with Crippen molar-refractivity contribution in [2.75, 3.05) is 0 Å². The molecule has 6 atom stereocenters. The van der Waals surface area contributed by atoms with Crippen molar-refractivity contribution in [3.63, 3.8) is 0 Å². The third kappa shape index (κ3) is 0.708. The van der Waals surface area contributed by atoms with Crippen LogP contribution in [0.4, 0.5) is 0 Å². The van der Waals surface area contributed by atoms with Crippen molar-refractivity contribution in [1.82, 2.24) is 0 Å². The highest BCUT2D eigenvalue weighted by atomic mass is 16.1. The van der Waals surface area contributed by atoms with Crippen LogP contribution in [-0.2, 0) is 4.79 Å². The van der Waals surface area contributed by atoms with E-state index in [1.165, 1.54) is 19.3 Å². The molecule has 0 unspecified atom stereocenters. The molecule has 0 aromatic carbocycles. The van der Waals surface area contributed by atoms with E-state index in [0.717, 1.165) is 30.6 Å². The molecule has 0 aromatic heterocycles. The van der Waals surface area contributed by atoms with Gasteiger partial charge in [0.05, 0.1) is 0 Å². The van der Waals surface area contributed by atoms with Crippen LogP contribution in [0, 0.1) is 34.0 Å². The quantitative estimate of drug-likeness (QED) is 0.609. The molecule has 0 radical (unpaired) electrons. The third-order valence-corrected chi connectivity index (χ3v) is 7.48. The maximum absolute atomic E-state index is 12.5. The standard InChI is InChI=1S/C15H22O/c1-9-4-5-12(16)15-7-11-10(6-14(9,15)3)13(11,2)8-15/h9-11H,4-8H2,1-3H3/t9-,10+,11-,13+,14+,15-/m1/s1. The first-order valence-electron chi connectivity index (χ1n) is 6.97. The van der Waals surface area contributed by atoms with Gasteiger partial charge < -0.3 is 0 Å². The zero-order valence-electron chi connectivity index (χ0n) is 10.7. The first-order valence-corrected chi connectivity index (χ1v) is 6.97. The molecule has 1 heteroatoms. The van der Waals surface area contributed by atoms with E-state index in [2.05, 4.69) is 20.8 Å². The van der Waals surface area contributed by atoms with Crippen molar-refractivity contribution in [2.24, 2.45) is 34.0 Å². The van der Waals surface area contributed by atoms with Gasteiger partial charge in [-0.15, -0.1) is 0 Å². The van der Waals surface area contributed by atoms with E-state index in [9.17, 15) is 4.79 Å². The number of Topliss-reactive ketones (excluding diaryl/α,β-unsaturated/α-hetero) is 1. The van der Waals surface area contributed by atoms with Crippen LogP contribution >= 0.6 is 0 Å². The molecule has 0 N–H and O–H groups in total. The Balaban J connectivity index is 1.87. The molecule has 16 heavy (non-hydrogen) atoms. The molecule has 0 aliphatic heterocycles. The molecule has 5 saturated carbocycles. The van der Waals surface area contributed by atoms with Gasteiger partial charge in [0.25, 0.3) is 0 Å². The van der Waals surface area contributed by atoms with Crippen molar-refractivity contribution >= 4 is 5.78 Å². The van der Waals surface area contributed by atoms with Gasteiger partial charge in [-0.1, -0.05) is 20.8 Å². The number of hydrogen-bond donors (Lipinski definition) is 0. The molecule has 0 amide bonds. The summed E-state index contributed by atoms with van der Waals surface area (Å²) < 4.78 is 0. The highest BCUT2D eigenvalue weighted by Crippen LogP contribution is 2.85. The van der Waals surface area contributed by atoms with Crippen LogP contribution in [-0.4, -0.2) is 5.78 Å². The minimum atomic E-state index is 0.110. The van der Waals surface area contributed by atoms with Gasteiger partial charge in [-0.05, 0) is 54.3 Å². The van der Waals surface area contributed by atoms with Gasteiger partial charge in [-0.2, -0.15) is 0 Å². The van der Waals surface area contributed by atoms with E-state index in [4.69, 9.17) is 0 Å². The fourth-order valence-electron chi connectivity index (χ4n) is 6.07. The summed E-state index contributed by atoms with van der Waals surface area (Å²) >= 11 is 0. The Morgan fingerprint density at radius 3 is 2.50 bits per heavy atom. The van der Waals surface area contributed by atoms with E-state index >= 15 is 0 Å². The summed E-state index contributed by atoms with van der Waals surface area (Å²) in [4.78, 5) is 12.5. The Hall–Kier alpha value is -0.330. The summed E-state index contributed by atoms with van der Waals surface area (Å²) in [5, 5.41) is 0. The summed E-state index contributed by atoms with van der Waals surface area (Å²) in [6.07, 6.45) is 5.83. The molecule has 0 aromatic rings. The fourth-order valence-corrected chi connectivity index (χ4v) is 6.07. The van der Waals surface area contributed by atoms with Gasteiger partial charge in [0.15, 0.2) is 0 Å². The molecular weight excluding hydrogens is 196 g/mol. The number of carbonyl (C=O) groups is 1. The van der Waals surface area contributed by atoms with Gasteiger partial charge in [-0.25, -0.2) is 0 Å². The first kappa shape index (κ1) is 9.67. The lowest BCUT2D eigenvalue weighted by Gasteiger charge is -2.58.